The number of sulfonamides is 1. The van der Waals surface area contributed by atoms with Crippen LogP contribution >= 0.6 is 22.7 Å². The van der Waals surface area contributed by atoms with Crippen LogP contribution in [-0.2, 0) is 21.3 Å². The fourth-order valence-electron chi connectivity index (χ4n) is 3.41. The minimum atomic E-state index is -3.75. The van der Waals surface area contributed by atoms with E-state index < -0.39 is 15.9 Å². The average Bonchev–Trinajstić information content (AvgIpc) is 3.57. The van der Waals surface area contributed by atoms with Gasteiger partial charge in [-0.2, -0.15) is 4.31 Å². The summed E-state index contributed by atoms with van der Waals surface area (Å²) in [6.07, 6.45) is 0. The molecule has 8 nitrogen and oxygen atoms in total. The van der Waals surface area contributed by atoms with E-state index in [1.807, 2.05) is 30.3 Å². The summed E-state index contributed by atoms with van der Waals surface area (Å²) in [5, 5.41) is 5.14. The van der Waals surface area contributed by atoms with Crippen molar-refractivity contribution in [2.45, 2.75) is 11.4 Å². The lowest BCUT2D eigenvalue weighted by atomic mass is 10.3. The summed E-state index contributed by atoms with van der Waals surface area (Å²) < 4.78 is 39.4. The molecule has 0 saturated carbocycles. The number of nitrogens with one attached hydrogen (secondary N) is 1. The minimum absolute atomic E-state index is 0.0245. The molecule has 4 aromatic rings. The Morgan fingerprint density at radius 2 is 1.94 bits per heavy atom. The van der Waals surface area contributed by atoms with Crippen LogP contribution in [0.25, 0.3) is 21.0 Å². The molecule has 5 rings (SSSR count). The summed E-state index contributed by atoms with van der Waals surface area (Å²) in [5.74, 6) is 0.730. The smallest absolute Gasteiger partial charge is 0.263 e. The quantitative estimate of drug-likeness (QED) is 0.444. The highest BCUT2D eigenvalue weighted by Gasteiger charge is 2.31. The van der Waals surface area contributed by atoms with E-state index in [-0.39, 0.29) is 29.4 Å². The lowest BCUT2D eigenvalue weighted by Crippen LogP contribution is -2.41. The third-order valence-electron chi connectivity index (χ3n) is 5.01. The van der Waals surface area contributed by atoms with Crippen molar-refractivity contribution in [2.75, 3.05) is 26.3 Å². The SMILES string of the molecule is O=C(NCc1ccc(-c2nc3ccccc3s2)o1)c1sccc1S(=O)(=O)N1CCOCC1. The molecular weight excluding hydrogens is 470 g/mol. The number of furan rings is 1. The van der Waals surface area contributed by atoms with Gasteiger partial charge in [0.05, 0.1) is 30.0 Å². The number of carbonyl (C=O) groups is 1. The van der Waals surface area contributed by atoms with Gasteiger partial charge in [0.1, 0.15) is 15.5 Å². The Hall–Kier alpha value is -2.57. The van der Waals surface area contributed by atoms with E-state index in [9.17, 15) is 13.2 Å². The van der Waals surface area contributed by atoms with Crippen molar-refractivity contribution >= 4 is 48.8 Å². The normalized spacial score (nSPS) is 15.2. The Labute approximate surface area is 192 Å². The number of morpholine rings is 1. The molecule has 1 aromatic carbocycles. The number of hydrogen-bond donors (Lipinski definition) is 1. The monoisotopic (exact) mass is 489 g/mol. The van der Waals surface area contributed by atoms with Crippen LogP contribution in [0.5, 0.6) is 0 Å². The van der Waals surface area contributed by atoms with E-state index in [1.54, 1.807) is 11.4 Å². The molecule has 4 heterocycles. The lowest BCUT2D eigenvalue weighted by Gasteiger charge is -2.26. The molecule has 0 radical (unpaired) electrons. The number of para-hydroxylation sites is 1. The van der Waals surface area contributed by atoms with Crippen molar-refractivity contribution < 1.29 is 22.4 Å². The van der Waals surface area contributed by atoms with E-state index in [1.165, 1.54) is 21.7 Å². The third-order valence-corrected chi connectivity index (χ3v) is 9.05. The van der Waals surface area contributed by atoms with Crippen LogP contribution in [0.4, 0.5) is 0 Å². The number of hydrogen-bond acceptors (Lipinski definition) is 8. The van der Waals surface area contributed by atoms with E-state index in [2.05, 4.69) is 10.3 Å². The highest BCUT2D eigenvalue weighted by atomic mass is 32.2. The van der Waals surface area contributed by atoms with Gasteiger partial charge in [-0.3, -0.25) is 4.79 Å². The Morgan fingerprint density at radius 1 is 1.12 bits per heavy atom. The molecule has 0 aliphatic carbocycles. The zero-order valence-corrected chi connectivity index (χ0v) is 19.3. The molecule has 0 unspecified atom stereocenters. The van der Waals surface area contributed by atoms with Crippen molar-refractivity contribution in [3.8, 4) is 10.8 Å². The number of nitrogens with zero attached hydrogens (tertiary/aromatic N) is 2. The second-order valence-electron chi connectivity index (χ2n) is 7.07. The first-order valence-corrected chi connectivity index (χ1v) is 13.0. The maximum absolute atomic E-state index is 13.0. The number of amides is 1. The molecule has 0 bridgehead atoms. The van der Waals surface area contributed by atoms with Crippen molar-refractivity contribution in [3.63, 3.8) is 0 Å². The molecule has 1 N–H and O–H groups in total. The first-order valence-electron chi connectivity index (χ1n) is 9.90. The fourth-order valence-corrected chi connectivity index (χ4v) is 7.06. The van der Waals surface area contributed by atoms with E-state index in [4.69, 9.17) is 9.15 Å². The van der Waals surface area contributed by atoms with Crippen LogP contribution in [0.1, 0.15) is 15.4 Å². The number of thiazole rings is 1. The summed E-state index contributed by atoms with van der Waals surface area (Å²) in [4.78, 5) is 17.5. The van der Waals surface area contributed by atoms with Crippen LogP contribution in [0.2, 0.25) is 0 Å². The Morgan fingerprint density at radius 3 is 2.75 bits per heavy atom. The number of thiophene rings is 1. The van der Waals surface area contributed by atoms with Gasteiger partial charge in [0.25, 0.3) is 5.91 Å². The molecule has 32 heavy (non-hydrogen) atoms. The summed E-state index contributed by atoms with van der Waals surface area (Å²) in [7, 11) is -3.75. The predicted molar refractivity (Wildman–Crippen MR) is 122 cm³/mol. The molecule has 1 aliphatic heterocycles. The van der Waals surface area contributed by atoms with Gasteiger partial charge in [0, 0.05) is 13.1 Å². The first kappa shape index (κ1) is 21.3. The Bertz CT molecular complexity index is 1330. The highest BCUT2D eigenvalue weighted by molar-refractivity contribution is 7.89. The molecule has 1 aliphatic rings. The van der Waals surface area contributed by atoms with Crippen LogP contribution in [0.15, 0.2) is 57.2 Å². The fraction of sp³-hybridized carbons (Fsp3) is 0.238. The summed E-state index contributed by atoms with van der Waals surface area (Å²) in [6, 6.07) is 12.9. The number of rotatable bonds is 6. The molecule has 1 saturated heterocycles. The maximum atomic E-state index is 13.0. The summed E-state index contributed by atoms with van der Waals surface area (Å²) in [5.41, 5.74) is 0.908. The van der Waals surface area contributed by atoms with Crippen LogP contribution in [0, 0.1) is 0 Å². The van der Waals surface area contributed by atoms with E-state index >= 15 is 0 Å². The van der Waals surface area contributed by atoms with Crippen LogP contribution in [0.3, 0.4) is 0 Å². The number of ether oxygens (including phenoxy) is 1. The van der Waals surface area contributed by atoms with Gasteiger partial charge in [0.15, 0.2) is 10.8 Å². The Balaban J connectivity index is 1.29. The topological polar surface area (TPSA) is 102 Å². The van der Waals surface area contributed by atoms with Crippen molar-refractivity contribution in [3.05, 3.63) is 58.5 Å². The average molecular weight is 490 g/mol. The van der Waals surface area contributed by atoms with Gasteiger partial charge in [-0.15, -0.1) is 22.7 Å². The number of carbonyl (C=O) groups excluding carboxylic acids is 1. The number of benzene rings is 1. The molecule has 0 spiro atoms. The van der Waals surface area contributed by atoms with Crippen LogP contribution in [-0.4, -0.2) is 49.9 Å². The standard InChI is InChI=1S/C21H19N3O5S3/c25-20(19-18(7-12-30-19)32(26,27)24-8-10-28-11-9-24)22-13-14-5-6-16(29-14)21-23-15-3-1-2-4-17(15)31-21/h1-7,12H,8-11,13H2,(H,22,25). The van der Waals surface area contributed by atoms with E-state index in [0.29, 0.717) is 24.7 Å². The third kappa shape index (κ3) is 4.09. The van der Waals surface area contributed by atoms with Crippen LogP contribution < -0.4 is 5.32 Å². The molecule has 11 heteroatoms. The molecule has 166 valence electrons. The minimum Gasteiger partial charge on any atom is -0.457 e. The Kier molecular flexibility index (Phi) is 5.82. The van der Waals surface area contributed by atoms with Gasteiger partial charge < -0.3 is 14.5 Å². The molecular formula is C21H19N3O5S3. The highest BCUT2D eigenvalue weighted by Crippen LogP contribution is 2.31. The van der Waals surface area contributed by atoms with E-state index in [0.717, 1.165) is 26.6 Å². The molecule has 1 fully saturated rings. The zero-order valence-electron chi connectivity index (χ0n) is 16.8. The van der Waals surface area contributed by atoms with Crippen molar-refractivity contribution in [2.24, 2.45) is 0 Å². The largest absolute Gasteiger partial charge is 0.457 e. The molecule has 3 aromatic heterocycles. The van der Waals surface area contributed by atoms with Gasteiger partial charge in [-0.05, 0) is 35.7 Å². The van der Waals surface area contributed by atoms with Gasteiger partial charge in [-0.25, -0.2) is 13.4 Å². The first-order chi connectivity index (χ1) is 15.5. The molecule has 0 atom stereocenters. The number of fused-ring (bicyclic) bond motifs is 1. The number of aromatic nitrogens is 1. The molecule has 1 amide bonds. The van der Waals surface area contributed by atoms with Crippen molar-refractivity contribution in [1.82, 2.24) is 14.6 Å². The van der Waals surface area contributed by atoms with Gasteiger partial charge in [0.2, 0.25) is 10.0 Å². The zero-order chi connectivity index (χ0) is 22.1. The second kappa shape index (κ2) is 8.75. The summed E-state index contributed by atoms with van der Waals surface area (Å²) >= 11 is 2.63. The second-order valence-corrected chi connectivity index (χ2v) is 10.9. The van der Waals surface area contributed by atoms with Crippen molar-refractivity contribution in [1.29, 1.82) is 0 Å². The maximum Gasteiger partial charge on any atom is 0.263 e. The predicted octanol–water partition coefficient (Wildman–Crippen LogP) is 3.57. The van der Waals surface area contributed by atoms with Gasteiger partial charge in [-0.1, -0.05) is 12.1 Å². The van der Waals surface area contributed by atoms with Gasteiger partial charge >= 0.3 is 0 Å². The lowest BCUT2D eigenvalue weighted by molar-refractivity contribution is 0.0730. The summed E-state index contributed by atoms with van der Waals surface area (Å²) in [6.45, 7) is 1.39.